The third kappa shape index (κ3) is 2.93. The minimum absolute atomic E-state index is 0.135. The minimum atomic E-state index is -0.135. The zero-order valence-corrected chi connectivity index (χ0v) is 16.4. The summed E-state index contributed by atoms with van der Waals surface area (Å²) in [7, 11) is 1.76. The van der Waals surface area contributed by atoms with E-state index >= 15 is 0 Å². The van der Waals surface area contributed by atoms with E-state index in [-0.39, 0.29) is 17.7 Å². The van der Waals surface area contributed by atoms with Crippen LogP contribution in [-0.2, 0) is 0 Å². The summed E-state index contributed by atoms with van der Waals surface area (Å²) in [5.74, 6) is 1.55. The molecule has 2 aliphatic rings. The molecule has 1 N–H and O–H groups in total. The first-order valence-electron chi connectivity index (χ1n) is 9.77. The van der Waals surface area contributed by atoms with Crippen molar-refractivity contribution < 1.29 is 9.21 Å². The molecule has 2 aliphatic heterocycles. The lowest BCUT2D eigenvalue weighted by Gasteiger charge is -2.27. The van der Waals surface area contributed by atoms with E-state index in [0.29, 0.717) is 35.3 Å². The number of carbonyl (C=O) groups is 1. The van der Waals surface area contributed by atoms with Gasteiger partial charge in [-0.05, 0) is 31.0 Å². The highest BCUT2D eigenvalue weighted by Gasteiger charge is 2.37. The van der Waals surface area contributed by atoms with Gasteiger partial charge in [0, 0.05) is 43.6 Å². The van der Waals surface area contributed by atoms with Gasteiger partial charge < -0.3 is 19.5 Å². The second-order valence-corrected chi connectivity index (χ2v) is 7.28. The SMILES string of the molecule is CNc1ncc2c(n1)N1CCCC1CN(c1cccc(-c3ncc(C#N)o3)c1)C2=O. The summed E-state index contributed by atoms with van der Waals surface area (Å²) in [6.45, 7) is 1.43. The van der Waals surface area contributed by atoms with Crippen LogP contribution in [-0.4, -0.2) is 47.0 Å². The van der Waals surface area contributed by atoms with E-state index in [0.717, 1.165) is 25.1 Å². The van der Waals surface area contributed by atoms with Crippen molar-refractivity contribution in [1.29, 1.82) is 5.26 Å². The highest BCUT2D eigenvalue weighted by atomic mass is 16.4. The fraction of sp³-hybridized carbons (Fsp3) is 0.286. The maximum atomic E-state index is 13.5. The predicted octanol–water partition coefficient (Wildman–Crippen LogP) is 2.67. The number of carbonyl (C=O) groups excluding carboxylic acids is 1. The molecule has 0 saturated carbocycles. The number of hydrogen-bond donors (Lipinski definition) is 1. The number of aromatic nitrogens is 3. The van der Waals surface area contributed by atoms with Gasteiger partial charge in [0.2, 0.25) is 17.6 Å². The summed E-state index contributed by atoms with van der Waals surface area (Å²) in [6, 6.07) is 9.57. The zero-order valence-electron chi connectivity index (χ0n) is 16.4. The van der Waals surface area contributed by atoms with Crippen LogP contribution in [0.4, 0.5) is 17.5 Å². The first-order chi connectivity index (χ1) is 14.7. The van der Waals surface area contributed by atoms with Gasteiger partial charge in [-0.2, -0.15) is 10.2 Å². The number of fused-ring (bicyclic) bond motifs is 3. The molecular formula is C21H19N7O2. The third-order valence-electron chi connectivity index (χ3n) is 5.53. The van der Waals surface area contributed by atoms with Crippen LogP contribution >= 0.6 is 0 Å². The summed E-state index contributed by atoms with van der Waals surface area (Å²) < 4.78 is 5.45. The number of nitrogens with zero attached hydrogens (tertiary/aromatic N) is 6. The van der Waals surface area contributed by atoms with Crippen molar-refractivity contribution in [3.63, 3.8) is 0 Å². The number of nitriles is 1. The topological polar surface area (TPSA) is 111 Å². The molecule has 5 rings (SSSR count). The fourth-order valence-corrected chi connectivity index (χ4v) is 4.10. The van der Waals surface area contributed by atoms with Crippen LogP contribution in [0.25, 0.3) is 11.5 Å². The Kier molecular flexibility index (Phi) is 4.32. The molecule has 0 spiro atoms. The first-order valence-corrected chi connectivity index (χ1v) is 9.77. The maximum Gasteiger partial charge on any atom is 0.263 e. The van der Waals surface area contributed by atoms with Gasteiger partial charge in [0.05, 0.1) is 6.20 Å². The molecule has 9 heteroatoms. The molecular weight excluding hydrogens is 382 g/mol. The van der Waals surface area contributed by atoms with Crippen molar-refractivity contribution in [2.75, 3.05) is 35.3 Å². The van der Waals surface area contributed by atoms with Gasteiger partial charge in [-0.25, -0.2) is 9.97 Å². The lowest BCUT2D eigenvalue weighted by molar-refractivity contribution is 0.0988. The Morgan fingerprint density at radius 1 is 1.30 bits per heavy atom. The van der Waals surface area contributed by atoms with Crippen LogP contribution in [0, 0.1) is 11.3 Å². The molecule has 1 amide bonds. The number of nitrogens with one attached hydrogen (secondary N) is 1. The van der Waals surface area contributed by atoms with Crippen LogP contribution in [0.3, 0.4) is 0 Å². The number of anilines is 3. The molecule has 9 nitrogen and oxygen atoms in total. The Hall–Kier alpha value is -3.93. The lowest BCUT2D eigenvalue weighted by Crippen LogP contribution is -2.39. The molecule has 3 aromatic rings. The molecule has 1 unspecified atom stereocenters. The fourth-order valence-electron chi connectivity index (χ4n) is 4.10. The van der Waals surface area contributed by atoms with E-state index in [2.05, 4.69) is 25.2 Å². The molecule has 150 valence electrons. The molecule has 4 heterocycles. The quantitative estimate of drug-likeness (QED) is 0.713. The summed E-state index contributed by atoms with van der Waals surface area (Å²) in [6.07, 6.45) is 5.04. The second kappa shape index (κ2) is 7.15. The molecule has 1 saturated heterocycles. The van der Waals surface area contributed by atoms with Crippen molar-refractivity contribution in [2.24, 2.45) is 0 Å². The third-order valence-corrected chi connectivity index (χ3v) is 5.53. The summed E-state index contributed by atoms with van der Waals surface area (Å²) >= 11 is 0. The first kappa shape index (κ1) is 18.1. The van der Waals surface area contributed by atoms with Gasteiger partial charge >= 0.3 is 0 Å². The number of amides is 1. The van der Waals surface area contributed by atoms with Gasteiger partial charge in [0.15, 0.2) is 0 Å². The Morgan fingerprint density at radius 3 is 3.00 bits per heavy atom. The van der Waals surface area contributed by atoms with Crippen LogP contribution in [0.15, 0.2) is 41.1 Å². The predicted molar refractivity (Wildman–Crippen MR) is 110 cm³/mol. The van der Waals surface area contributed by atoms with E-state index in [1.54, 1.807) is 18.1 Å². The number of hydrogen-bond acceptors (Lipinski definition) is 8. The molecule has 2 aromatic heterocycles. The van der Waals surface area contributed by atoms with Crippen LogP contribution in [0.5, 0.6) is 0 Å². The Labute approximate surface area is 173 Å². The molecule has 1 atom stereocenters. The molecule has 0 radical (unpaired) electrons. The lowest BCUT2D eigenvalue weighted by atomic mass is 10.1. The van der Waals surface area contributed by atoms with Crippen LogP contribution in [0.1, 0.15) is 29.0 Å². The average Bonchev–Trinajstić information content (AvgIpc) is 3.44. The Morgan fingerprint density at radius 2 is 2.20 bits per heavy atom. The zero-order chi connectivity index (χ0) is 20.7. The summed E-state index contributed by atoms with van der Waals surface area (Å²) in [5, 5.41) is 11.9. The second-order valence-electron chi connectivity index (χ2n) is 7.28. The highest BCUT2D eigenvalue weighted by Crippen LogP contribution is 2.35. The van der Waals surface area contributed by atoms with Gasteiger partial charge in [0.1, 0.15) is 17.5 Å². The van der Waals surface area contributed by atoms with Gasteiger partial charge in [0.25, 0.3) is 5.91 Å². The van der Waals surface area contributed by atoms with E-state index in [4.69, 9.17) is 9.68 Å². The van der Waals surface area contributed by atoms with Crippen molar-refractivity contribution in [3.8, 4) is 17.5 Å². The number of benzene rings is 1. The summed E-state index contributed by atoms with van der Waals surface area (Å²) in [5.41, 5.74) is 1.94. The number of rotatable bonds is 3. The molecule has 1 fully saturated rings. The van der Waals surface area contributed by atoms with Gasteiger partial charge in [-0.15, -0.1) is 0 Å². The minimum Gasteiger partial charge on any atom is -0.426 e. The van der Waals surface area contributed by atoms with Gasteiger partial charge in [-0.1, -0.05) is 6.07 Å². The smallest absolute Gasteiger partial charge is 0.263 e. The van der Waals surface area contributed by atoms with Crippen molar-refractivity contribution >= 4 is 23.4 Å². The Bertz CT molecular complexity index is 1170. The highest BCUT2D eigenvalue weighted by molar-refractivity contribution is 6.10. The van der Waals surface area contributed by atoms with Crippen LogP contribution < -0.4 is 15.1 Å². The van der Waals surface area contributed by atoms with Crippen molar-refractivity contribution in [1.82, 2.24) is 15.0 Å². The average molecular weight is 401 g/mol. The molecule has 0 aliphatic carbocycles. The maximum absolute atomic E-state index is 13.5. The van der Waals surface area contributed by atoms with Crippen LogP contribution in [0.2, 0.25) is 0 Å². The molecule has 1 aromatic carbocycles. The Balaban J connectivity index is 1.57. The molecule has 0 bridgehead atoms. The normalized spacial score (nSPS) is 17.9. The van der Waals surface area contributed by atoms with Crippen molar-refractivity contribution in [3.05, 3.63) is 48.0 Å². The van der Waals surface area contributed by atoms with E-state index in [9.17, 15) is 4.79 Å². The van der Waals surface area contributed by atoms with E-state index < -0.39 is 0 Å². The van der Waals surface area contributed by atoms with E-state index in [1.165, 1.54) is 6.20 Å². The largest absolute Gasteiger partial charge is 0.426 e. The monoisotopic (exact) mass is 401 g/mol. The summed E-state index contributed by atoms with van der Waals surface area (Å²) in [4.78, 5) is 30.5. The van der Waals surface area contributed by atoms with E-state index in [1.807, 2.05) is 30.3 Å². The standard InChI is InChI=1S/C21H19N7O2/c1-23-21-25-11-17-18(26-21)27-7-3-6-15(27)12-28(20(17)29)14-5-2-4-13(8-14)19-24-10-16(9-22)30-19/h2,4-5,8,10-11,15H,3,6-7,12H2,1H3,(H,23,25,26). The number of oxazole rings is 1. The van der Waals surface area contributed by atoms with Gasteiger partial charge in [-0.3, -0.25) is 4.79 Å². The van der Waals surface area contributed by atoms with Crippen molar-refractivity contribution in [2.45, 2.75) is 18.9 Å². The molecule has 30 heavy (non-hydrogen) atoms.